The van der Waals surface area contributed by atoms with Crippen LogP contribution >= 0.6 is 0 Å². The van der Waals surface area contributed by atoms with Gasteiger partial charge >= 0.3 is 11.7 Å². The van der Waals surface area contributed by atoms with Crippen molar-refractivity contribution in [2.24, 2.45) is 7.05 Å². The summed E-state index contributed by atoms with van der Waals surface area (Å²) in [4.78, 5) is 24.4. The Bertz CT molecular complexity index is 565. The first-order valence-electron chi connectivity index (χ1n) is 4.01. The minimum absolute atomic E-state index is 0.166. The second-order valence-corrected chi connectivity index (χ2v) is 3.03. The lowest BCUT2D eigenvalue weighted by atomic mass is 10.2. The lowest BCUT2D eigenvalue weighted by Gasteiger charge is -1.95. The van der Waals surface area contributed by atoms with Crippen molar-refractivity contribution < 1.29 is 9.90 Å². The molecule has 5 heteroatoms. The summed E-state index contributed by atoms with van der Waals surface area (Å²) in [5.41, 5.74) is 1.15. The molecule has 1 aromatic carbocycles. The highest BCUT2D eigenvalue weighted by molar-refractivity contribution is 5.92. The zero-order valence-corrected chi connectivity index (χ0v) is 7.44. The molecule has 2 aromatic rings. The van der Waals surface area contributed by atoms with Crippen LogP contribution in [0.3, 0.4) is 0 Å². The number of aromatic nitrogens is 2. The third-order valence-electron chi connectivity index (χ3n) is 2.15. The number of aryl methyl sites for hydroxylation is 1. The fourth-order valence-corrected chi connectivity index (χ4v) is 1.37. The van der Waals surface area contributed by atoms with Crippen molar-refractivity contribution in [1.29, 1.82) is 0 Å². The summed E-state index contributed by atoms with van der Waals surface area (Å²) in [6.45, 7) is 0. The first kappa shape index (κ1) is 8.55. The molecule has 0 saturated carbocycles. The Balaban J connectivity index is 2.80. The van der Waals surface area contributed by atoms with E-state index in [0.717, 1.165) is 0 Å². The number of aromatic amines is 1. The third-order valence-corrected chi connectivity index (χ3v) is 2.15. The number of H-pyrrole nitrogens is 1. The van der Waals surface area contributed by atoms with Gasteiger partial charge in [-0.15, -0.1) is 0 Å². The van der Waals surface area contributed by atoms with Gasteiger partial charge in [0, 0.05) is 7.05 Å². The minimum Gasteiger partial charge on any atom is -0.478 e. The maximum Gasteiger partial charge on any atom is 0.335 e. The van der Waals surface area contributed by atoms with Crippen LogP contribution in [-0.2, 0) is 7.05 Å². The Labute approximate surface area is 78.6 Å². The van der Waals surface area contributed by atoms with E-state index in [9.17, 15) is 9.59 Å². The van der Waals surface area contributed by atoms with Crippen LogP contribution in [0.5, 0.6) is 0 Å². The van der Waals surface area contributed by atoms with E-state index in [1.54, 1.807) is 13.1 Å². The fourth-order valence-electron chi connectivity index (χ4n) is 1.37. The summed E-state index contributed by atoms with van der Waals surface area (Å²) in [5, 5.41) is 8.72. The van der Waals surface area contributed by atoms with Gasteiger partial charge in [-0.3, -0.25) is 4.57 Å². The summed E-state index contributed by atoms with van der Waals surface area (Å²) in [6.07, 6.45) is 0. The molecule has 0 saturated heterocycles. The van der Waals surface area contributed by atoms with Crippen molar-refractivity contribution in [2.75, 3.05) is 0 Å². The molecule has 0 radical (unpaired) electrons. The highest BCUT2D eigenvalue weighted by Gasteiger charge is 2.07. The van der Waals surface area contributed by atoms with E-state index in [-0.39, 0.29) is 11.3 Å². The smallest absolute Gasteiger partial charge is 0.335 e. The number of carboxylic acids is 1. The van der Waals surface area contributed by atoms with Gasteiger partial charge in [-0.2, -0.15) is 0 Å². The van der Waals surface area contributed by atoms with Crippen molar-refractivity contribution >= 4 is 17.0 Å². The second kappa shape index (κ2) is 2.73. The van der Waals surface area contributed by atoms with Crippen molar-refractivity contribution in [3.05, 3.63) is 34.2 Å². The third kappa shape index (κ3) is 1.10. The molecule has 0 aliphatic rings. The predicted molar refractivity (Wildman–Crippen MR) is 50.5 cm³/mol. The average molecular weight is 192 g/mol. The van der Waals surface area contributed by atoms with E-state index in [1.807, 2.05) is 0 Å². The average Bonchev–Trinajstić information content (AvgIpc) is 2.42. The van der Waals surface area contributed by atoms with Crippen molar-refractivity contribution in [2.45, 2.75) is 0 Å². The number of carboxylic acid groups (broad SMARTS) is 1. The maximum absolute atomic E-state index is 11.2. The van der Waals surface area contributed by atoms with Crippen LogP contribution < -0.4 is 5.69 Å². The zero-order chi connectivity index (χ0) is 10.3. The van der Waals surface area contributed by atoms with Gasteiger partial charge in [0.2, 0.25) is 0 Å². The number of aromatic carboxylic acids is 1. The number of nitrogens with one attached hydrogen (secondary N) is 1. The van der Waals surface area contributed by atoms with Gasteiger partial charge in [-0.25, -0.2) is 9.59 Å². The second-order valence-electron chi connectivity index (χ2n) is 3.03. The van der Waals surface area contributed by atoms with Crippen LogP contribution in [0.1, 0.15) is 10.4 Å². The highest BCUT2D eigenvalue weighted by atomic mass is 16.4. The quantitative estimate of drug-likeness (QED) is 0.693. The van der Waals surface area contributed by atoms with Crippen LogP contribution in [0.25, 0.3) is 11.0 Å². The molecule has 0 atom stereocenters. The molecule has 1 heterocycles. The molecule has 14 heavy (non-hydrogen) atoms. The number of imidazole rings is 1. The van der Waals surface area contributed by atoms with Crippen molar-refractivity contribution in [1.82, 2.24) is 9.55 Å². The molecule has 72 valence electrons. The molecule has 0 aliphatic carbocycles. The zero-order valence-electron chi connectivity index (χ0n) is 7.44. The Morgan fingerprint density at radius 1 is 1.50 bits per heavy atom. The molecule has 0 aliphatic heterocycles. The molecule has 0 unspecified atom stereocenters. The molecule has 1 aromatic heterocycles. The van der Waals surface area contributed by atoms with Gasteiger partial charge in [-0.05, 0) is 18.2 Å². The molecule has 0 amide bonds. The molecule has 0 spiro atoms. The molecule has 2 rings (SSSR count). The van der Waals surface area contributed by atoms with E-state index in [1.165, 1.54) is 16.7 Å². The molecular formula is C9H8N2O3. The Morgan fingerprint density at radius 2 is 2.21 bits per heavy atom. The van der Waals surface area contributed by atoms with E-state index >= 15 is 0 Å². The lowest BCUT2D eigenvalue weighted by molar-refractivity contribution is 0.0697. The van der Waals surface area contributed by atoms with Gasteiger partial charge in [0.1, 0.15) is 0 Å². The Morgan fingerprint density at radius 3 is 2.86 bits per heavy atom. The number of hydrogen-bond acceptors (Lipinski definition) is 2. The SMILES string of the molecule is Cn1c(=O)[nH]c2cc(C(=O)O)ccc21. The normalized spacial score (nSPS) is 10.6. The topological polar surface area (TPSA) is 75.1 Å². The summed E-state index contributed by atoms with van der Waals surface area (Å²) >= 11 is 0. The van der Waals surface area contributed by atoms with Gasteiger partial charge in [0.25, 0.3) is 0 Å². The standard InChI is InChI=1S/C9H8N2O3/c1-11-7-3-2-5(8(12)13)4-6(7)10-9(11)14/h2-4H,1H3,(H,10,14)(H,12,13). The molecule has 0 bridgehead atoms. The largest absolute Gasteiger partial charge is 0.478 e. The van der Waals surface area contributed by atoms with E-state index in [0.29, 0.717) is 11.0 Å². The first-order valence-corrected chi connectivity index (χ1v) is 4.01. The number of hydrogen-bond donors (Lipinski definition) is 2. The summed E-state index contributed by atoms with van der Waals surface area (Å²) < 4.78 is 1.43. The van der Waals surface area contributed by atoms with Gasteiger partial charge in [-0.1, -0.05) is 0 Å². The Hall–Kier alpha value is -2.04. The molecule has 0 fully saturated rings. The van der Waals surface area contributed by atoms with Crippen molar-refractivity contribution in [3.63, 3.8) is 0 Å². The van der Waals surface area contributed by atoms with Crippen LogP contribution in [0.2, 0.25) is 0 Å². The molecule has 2 N–H and O–H groups in total. The number of nitrogens with zero attached hydrogens (tertiary/aromatic N) is 1. The van der Waals surface area contributed by atoms with Crippen LogP contribution in [-0.4, -0.2) is 20.6 Å². The summed E-state index contributed by atoms with van der Waals surface area (Å²) in [5.74, 6) is -1.00. The fraction of sp³-hybridized carbons (Fsp3) is 0.111. The van der Waals surface area contributed by atoms with Crippen LogP contribution in [0.15, 0.2) is 23.0 Å². The highest BCUT2D eigenvalue weighted by Crippen LogP contribution is 2.11. The first-order chi connectivity index (χ1) is 6.59. The van der Waals surface area contributed by atoms with Crippen LogP contribution in [0, 0.1) is 0 Å². The maximum atomic E-state index is 11.2. The van der Waals surface area contributed by atoms with E-state index in [4.69, 9.17) is 5.11 Å². The molecular weight excluding hydrogens is 184 g/mol. The Kier molecular flexibility index (Phi) is 1.67. The van der Waals surface area contributed by atoms with Gasteiger partial charge in [0.15, 0.2) is 0 Å². The number of carbonyl (C=O) groups is 1. The van der Waals surface area contributed by atoms with E-state index < -0.39 is 5.97 Å². The van der Waals surface area contributed by atoms with Gasteiger partial charge in [0.05, 0.1) is 16.6 Å². The van der Waals surface area contributed by atoms with Crippen molar-refractivity contribution in [3.8, 4) is 0 Å². The summed E-state index contributed by atoms with van der Waals surface area (Å²) in [7, 11) is 1.63. The number of benzene rings is 1. The minimum atomic E-state index is -1.00. The number of rotatable bonds is 1. The van der Waals surface area contributed by atoms with Crippen LogP contribution in [0.4, 0.5) is 0 Å². The lowest BCUT2D eigenvalue weighted by Crippen LogP contribution is -2.11. The van der Waals surface area contributed by atoms with E-state index in [2.05, 4.69) is 4.98 Å². The number of fused-ring (bicyclic) bond motifs is 1. The van der Waals surface area contributed by atoms with Gasteiger partial charge < -0.3 is 10.1 Å². The predicted octanol–water partition coefficient (Wildman–Crippen LogP) is 0.565. The summed E-state index contributed by atoms with van der Waals surface area (Å²) in [6, 6.07) is 4.52. The monoisotopic (exact) mass is 192 g/mol. The molecule has 5 nitrogen and oxygen atoms in total.